The molecule has 1 aliphatic heterocycles. The van der Waals surface area contributed by atoms with Crippen LogP contribution in [0.1, 0.15) is 20.3 Å². The summed E-state index contributed by atoms with van der Waals surface area (Å²) in [4.78, 5) is 11.3. The molecule has 2 N–H and O–H groups in total. The number of carbonyl (C=O) groups is 1. The van der Waals surface area contributed by atoms with Crippen molar-refractivity contribution in [2.45, 2.75) is 25.2 Å². The SMILES string of the molecule is CC(C)CN(CC(N)=O)S(=O)(=O)c1ccc2c(c1)OCCCO2. The zero-order chi connectivity index (χ0) is 17.0. The van der Waals surface area contributed by atoms with Crippen LogP contribution in [0.5, 0.6) is 11.5 Å². The van der Waals surface area contributed by atoms with Crippen molar-refractivity contribution >= 4 is 15.9 Å². The van der Waals surface area contributed by atoms with Crippen LogP contribution in [0.2, 0.25) is 0 Å². The van der Waals surface area contributed by atoms with Crippen molar-refractivity contribution in [1.29, 1.82) is 0 Å². The van der Waals surface area contributed by atoms with Gasteiger partial charge in [-0.05, 0) is 18.1 Å². The Kier molecular flexibility index (Phi) is 5.48. The van der Waals surface area contributed by atoms with E-state index in [1.807, 2.05) is 13.8 Å². The van der Waals surface area contributed by atoms with Crippen molar-refractivity contribution in [3.8, 4) is 11.5 Å². The summed E-state index contributed by atoms with van der Waals surface area (Å²) in [6, 6.07) is 4.47. The third-order valence-electron chi connectivity index (χ3n) is 3.26. The Labute approximate surface area is 136 Å². The number of primary amides is 1. The predicted octanol–water partition coefficient (Wildman–Crippen LogP) is 0.980. The molecule has 1 aromatic carbocycles. The number of fused-ring (bicyclic) bond motifs is 1. The van der Waals surface area contributed by atoms with Crippen LogP contribution in [-0.4, -0.2) is 44.9 Å². The Balaban J connectivity index is 2.36. The number of sulfonamides is 1. The van der Waals surface area contributed by atoms with E-state index in [1.54, 1.807) is 6.07 Å². The van der Waals surface area contributed by atoms with E-state index >= 15 is 0 Å². The Morgan fingerprint density at radius 1 is 1.26 bits per heavy atom. The maximum absolute atomic E-state index is 12.8. The minimum atomic E-state index is -3.84. The number of ether oxygens (including phenoxy) is 2. The number of amides is 1. The molecule has 0 bridgehead atoms. The minimum absolute atomic E-state index is 0.0589. The van der Waals surface area contributed by atoms with Gasteiger partial charge in [-0.15, -0.1) is 0 Å². The van der Waals surface area contributed by atoms with Gasteiger partial charge < -0.3 is 15.2 Å². The Bertz CT molecular complexity index is 672. The quantitative estimate of drug-likeness (QED) is 0.831. The number of nitrogens with zero attached hydrogens (tertiary/aromatic N) is 1. The van der Waals surface area contributed by atoms with Crippen molar-refractivity contribution < 1.29 is 22.7 Å². The lowest BCUT2D eigenvalue weighted by atomic mass is 10.2. The fourth-order valence-corrected chi connectivity index (χ4v) is 3.87. The van der Waals surface area contributed by atoms with Crippen LogP contribution < -0.4 is 15.2 Å². The standard InChI is InChI=1S/C15H22N2O5S/c1-11(2)9-17(10-15(16)18)23(19,20)12-4-5-13-14(8-12)22-7-3-6-21-13/h4-5,8,11H,3,6-7,9-10H2,1-2H3,(H2,16,18). The lowest BCUT2D eigenvalue weighted by Crippen LogP contribution is -2.40. The van der Waals surface area contributed by atoms with Crippen LogP contribution in [0.25, 0.3) is 0 Å². The molecule has 1 aromatic rings. The van der Waals surface area contributed by atoms with Gasteiger partial charge in [-0.1, -0.05) is 13.8 Å². The largest absolute Gasteiger partial charge is 0.490 e. The molecule has 8 heteroatoms. The van der Waals surface area contributed by atoms with Crippen LogP contribution >= 0.6 is 0 Å². The molecule has 1 amide bonds. The first-order valence-electron chi connectivity index (χ1n) is 7.49. The van der Waals surface area contributed by atoms with E-state index in [9.17, 15) is 13.2 Å². The molecule has 2 rings (SSSR count). The summed E-state index contributed by atoms with van der Waals surface area (Å²) in [7, 11) is -3.84. The number of hydrogen-bond donors (Lipinski definition) is 1. The third kappa shape index (κ3) is 4.35. The van der Waals surface area contributed by atoms with Gasteiger partial charge in [-0.2, -0.15) is 4.31 Å². The molecule has 0 fully saturated rings. The zero-order valence-electron chi connectivity index (χ0n) is 13.3. The summed E-state index contributed by atoms with van der Waals surface area (Å²) < 4.78 is 37.7. The van der Waals surface area contributed by atoms with E-state index in [2.05, 4.69) is 0 Å². The molecular weight excluding hydrogens is 320 g/mol. The normalized spacial score (nSPS) is 14.8. The molecule has 0 saturated carbocycles. The summed E-state index contributed by atoms with van der Waals surface area (Å²) in [6.07, 6.45) is 0.734. The van der Waals surface area contributed by atoms with Crippen LogP contribution in [-0.2, 0) is 14.8 Å². The Morgan fingerprint density at radius 2 is 1.91 bits per heavy atom. The number of carbonyl (C=O) groups excluding carboxylic acids is 1. The summed E-state index contributed by atoms with van der Waals surface area (Å²) in [5, 5.41) is 0. The number of rotatable bonds is 6. The minimum Gasteiger partial charge on any atom is -0.490 e. The van der Waals surface area contributed by atoms with Crippen LogP contribution in [0, 0.1) is 5.92 Å². The zero-order valence-corrected chi connectivity index (χ0v) is 14.1. The van der Waals surface area contributed by atoms with E-state index in [-0.39, 0.29) is 23.9 Å². The second kappa shape index (κ2) is 7.18. The van der Waals surface area contributed by atoms with Gasteiger partial charge >= 0.3 is 0 Å². The third-order valence-corrected chi connectivity index (χ3v) is 5.07. The fraction of sp³-hybridized carbons (Fsp3) is 0.533. The molecule has 0 aromatic heterocycles. The van der Waals surface area contributed by atoms with E-state index in [1.165, 1.54) is 12.1 Å². The first-order chi connectivity index (χ1) is 10.8. The molecule has 0 unspecified atom stereocenters. The summed E-state index contributed by atoms with van der Waals surface area (Å²) >= 11 is 0. The van der Waals surface area contributed by atoms with Gasteiger partial charge in [0.05, 0.1) is 24.7 Å². The first-order valence-corrected chi connectivity index (χ1v) is 8.93. The van der Waals surface area contributed by atoms with Gasteiger partial charge in [0, 0.05) is 19.0 Å². The molecule has 0 saturated heterocycles. The molecule has 1 heterocycles. The number of nitrogens with two attached hydrogens (primary N) is 1. The highest BCUT2D eigenvalue weighted by molar-refractivity contribution is 7.89. The Morgan fingerprint density at radius 3 is 2.52 bits per heavy atom. The molecular formula is C15H22N2O5S. The number of benzene rings is 1. The smallest absolute Gasteiger partial charge is 0.243 e. The fourth-order valence-electron chi connectivity index (χ4n) is 2.28. The molecule has 0 aliphatic carbocycles. The monoisotopic (exact) mass is 342 g/mol. The van der Waals surface area contributed by atoms with Crippen molar-refractivity contribution in [2.75, 3.05) is 26.3 Å². The van der Waals surface area contributed by atoms with Crippen molar-refractivity contribution in [3.05, 3.63) is 18.2 Å². The lowest BCUT2D eigenvalue weighted by molar-refractivity contribution is -0.118. The van der Waals surface area contributed by atoms with Gasteiger partial charge in [0.25, 0.3) is 0 Å². The highest BCUT2D eigenvalue weighted by atomic mass is 32.2. The molecule has 1 aliphatic rings. The average Bonchev–Trinajstić information content (AvgIpc) is 2.69. The number of hydrogen-bond acceptors (Lipinski definition) is 5. The van der Waals surface area contributed by atoms with Gasteiger partial charge in [0.2, 0.25) is 15.9 Å². The van der Waals surface area contributed by atoms with Gasteiger partial charge in [0.15, 0.2) is 11.5 Å². The second-order valence-electron chi connectivity index (χ2n) is 5.82. The summed E-state index contributed by atoms with van der Waals surface area (Å²) in [6.45, 7) is 4.59. The van der Waals surface area contributed by atoms with Crippen molar-refractivity contribution in [1.82, 2.24) is 4.31 Å². The van der Waals surface area contributed by atoms with Gasteiger partial charge in [-0.3, -0.25) is 4.79 Å². The van der Waals surface area contributed by atoms with E-state index in [4.69, 9.17) is 15.2 Å². The van der Waals surface area contributed by atoms with E-state index in [0.29, 0.717) is 24.7 Å². The first kappa shape index (κ1) is 17.6. The topological polar surface area (TPSA) is 98.9 Å². The summed E-state index contributed by atoms with van der Waals surface area (Å²) in [5.74, 6) is 0.284. The molecule has 128 valence electrons. The predicted molar refractivity (Wildman–Crippen MR) is 84.8 cm³/mol. The highest BCUT2D eigenvalue weighted by Gasteiger charge is 2.28. The second-order valence-corrected chi connectivity index (χ2v) is 7.75. The molecule has 23 heavy (non-hydrogen) atoms. The molecule has 7 nitrogen and oxygen atoms in total. The van der Waals surface area contributed by atoms with Crippen LogP contribution in [0.15, 0.2) is 23.1 Å². The highest BCUT2D eigenvalue weighted by Crippen LogP contribution is 2.32. The van der Waals surface area contributed by atoms with Crippen LogP contribution in [0.3, 0.4) is 0 Å². The van der Waals surface area contributed by atoms with E-state index in [0.717, 1.165) is 10.7 Å². The van der Waals surface area contributed by atoms with Crippen LogP contribution in [0.4, 0.5) is 0 Å². The Hall–Kier alpha value is -1.80. The van der Waals surface area contributed by atoms with Crippen molar-refractivity contribution in [3.63, 3.8) is 0 Å². The maximum Gasteiger partial charge on any atom is 0.243 e. The van der Waals surface area contributed by atoms with Crippen molar-refractivity contribution in [2.24, 2.45) is 11.7 Å². The molecule has 0 spiro atoms. The molecule has 0 radical (unpaired) electrons. The average molecular weight is 342 g/mol. The van der Waals surface area contributed by atoms with Gasteiger partial charge in [-0.25, -0.2) is 8.42 Å². The van der Waals surface area contributed by atoms with E-state index < -0.39 is 15.9 Å². The molecule has 0 atom stereocenters. The maximum atomic E-state index is 12.8. The summed E-state index contributed by atoms with van der Waals surface area (Å²) in [5.41, 5.74) is 5.19. The van der Waals surface area contributed by atoms with Gasteiger partial charge in [0.1, 0.15) is 0 Å². The lowest BCUT2D eigenvalue weighted by Gasteiger charge is -2.23.